The molecule has 2 aliphatic heterocycles. The van der Waals surface area contributed by atoms with Crippen LogP contribution in [0.2, 0.25) is 0 Å². The fourth-order valence-electron chi connectivity index (χ4n) is 4.88. The Hall–Kier alpha value is -3.76. The van der Waals surface area contributed by atoms with E-state index in [9.17, 15) is 4.39 Å². The van der Waals surface area contributed by atoms with Gasteiger partial charge in [0.25, 0.3) is 0 Å². The standard InChI is InChI=1S/C27H30FN7O2/c1-18-3-2-4-23(28)24(18)31-25-22-17-29-27(32-26(22)35(33-25)21-9-13-36-14-10-21)30-19-5-7-20(8-6-19)34-11-15-37-16-12-34/h2-8,17,21H,9-16H2,1H3,(H,31,33)(H,29,30,32). The SMILES string of the molecule is Cc1cccc(F)c1Nc1nn(C2CCOCC2)c2nc(Nc3ccc(N4CCOCC4)cc3)ncc12. The number of para-hydroxylation sites is 1. The molecule has 0 unspecified atom stereocenters. The summed E-state index contributed by atoms with van der Waals surface area (Å²) < 4.78 is 27.5. The number of hydrogen-bond donors (Lipinski definition) is 2. The predicted octanol–water partition coefficient (Wildman–Crippen LogP) is 4.95. The fraction of sp³-hybridized carbons (Fsp3) is 0.370. The molecule has 0 aliphatic carbocycles. The maximum absolute atomic E-state index is 14.6. The smallest absolute Gasteiger partial charge is 0.229 e. The van der Waals surface area contributed by atoms with Crippen molar-refractivity contribution in [2.45, 2.75) is 25.8 Å². The lowest BCUT2D eigenvalue weighted by Crippen LogP contribution is -2.36. The first-order valence-corrected chi connectivity index (χ1v) is 12.7. The van der Waals surface area contributed by atoms with Gasteiger partial charge in [-0.05, 0) is 55.7 Å². The summed E-state index contributed by atoms with van der Waals surface area (Å²) in [6, 6.07) is 13.4. The van der Waals surface area contributed by atoms with Crippen molar-refractivity contribution in [3.8, 4) is 0 Å². The third-order valence-electron chi connectivity index (χ3n) is 6.95. The highest BCUT2D eigenvalue weighted by molar-refractivity contribution is 5.90. The molecule has 0 amide bonds. The second-order valence-electron chi connectivity index (χ2n) is 9.40. The van der Waals surface area contributed by atoms with Crippen LogP contribution in [0, 0.1) is 12.7 Å². The van der Waals surface area contributed by atoms with Crippen LogP contribution in [-0.4, -0.2) is 59.3 Å². The molecule has 0 radical (unpaired) electrons. The number of halogens is 1. The van der Waals surface area contributed by atoms with E-state index in [-0.39, 0.29) is 11.9 Å². The van der Waals surface area contributed by atoms with Crippen molar-refractivity contribution in [1.29, 1.82) is 0 Å². The van der Waals surface area contributed by atoms with Crippen molar-refractivity contribution in [3.05, 3.63) is 60.0 Å². The van der Waals surface area contributed by atoms with Crippen molar-refractivity contribution >= 4 is 39.9 Å². The average molecular weight is 504 g/mol. The zero-order valence-corrected chi connectivity index (χ0v) is 20.8. The van der Waals surface area contributed by atoms with E-state index in [0.29, 0.717) is 36.3 Å². The third-order valence-corrected chi connectivity index (χ3v) is 6.95. The van der Waals surface area contributed by atoms with E-state index < -0.39 is 0 Å². The zero-order valence-electron chi connectivity index (χ0n) is 20.8. The van der Waals surface area contributed by atoms with Crippen molar-refractivity contribution < 1.29 is 13.9 Å². The molecule has 2 aromatic heterocycles. The Labute approximate surface area is 214 Å². The first-order chi connectivity index (χ1) is 18.2. The number of benzene rings is 2. The summed E-state index contributed by atoms with van der Waals surface area (Å²) in [6.07, 6.45) is 3.42. The fourth-order valence-corrected chi connectivity index (χ4v) is 4.88. The highest BCUT2D eigenvalue weighted by atomic mass is 19.1. The highest BCUT2D eigenvalue weighted by Gasteiger charge is 2.23. The van der Waals surface area contributed by atoms with Crippen LogP contribution in [0.15, 0.2) is 48.7 Å². The van der Waals surface area contributed by atoms with Gasteiger partial charge in [-0.15, -0.1) is 0 Å². The van der Waals surface area contributed by atoms with E-state index in [1.807, 2.05) is 29.8 Å². The molecule has 0 spiro atoms. The summed E-state index contributed by atoms with van der Waals surface area (Å²) in [4.78, 5) is 11.7. The van der Waals surface area contributed by atoms with E-state index in [4.69, 9.17) is 19.6 Å². The van der Waals surface area contributed by atoms with Crippen molar-refractivity contribution in [3.63, 3.8) is 0 Å². The first-order valence-electron chi connectivity index (χ1n) is 12.7. The topological polar surface area (TPSA) is 89.4 Å². The Balaban J connectivity index is 1.31. The van der Waals surface area contributed by atoms with Crippen LogP contribution in [0.5, 0.6) is 0 Å². The van der Waals surface area contributed by atoms with E-state index in [0.717, 1.165) is 55.8 Å². The number of nitrogens with one attached hydrogen (secondary N) is 2. The summed E-state index contributed by atoms with van der Waals surface area (Å²) >= 11 is 0. The number of hydrogen-bond acceptors (Lipinski definition) is 8. The number of aryl methyl sites for hydroxylation is 1. The monoisotopic (exact) mass is 503 g/mol. The van der Waals surface area contributed by atoms with Gasteiger partial charge in [-0.3, -0.25) is 0 Å². The van der Waals surface area contributed by atoms with E-state index >= 15 is 0 Å². The molecule has 2 aliphatic rings. The van der Waals surface area contributed by atoms with E-state index in [2.05, 4.69) is 32.7 Å². The van der Waals surface area contributed by atoms with Gasteiger partial charge in [-0.2, -0.15) is 10.1 Å². The lowest BCUT2D eigenvalue weighted by atomic mass is 10.1. The molecule has 4 aromatic rings. The molecule has 10 heteroatoms. The molecule has 6 rings (SSSR count). The van der Waals surface area contributed by atoms with Gasteiger partial charge in [0.2, 0.25) is 5.95 Å². The molecule has 37 heavy (non-hydrogen) atoms. The van der Waals surface area contributed by atoms with Crippen LogP contribution in [0.25, 0.3) is 11.0 Å². The molecular formula is C27H30FN7O2. The summed E-state index contributed by atoms with van der Waals surface area (Å²) in [6.45, 7) is 6.51. The van der Waals surface area contributed by atoms with Crippen LogP contribution >= 0.6 is 0 Å². The Kier molecular flexibility index (Phi) is 6.58. The minimum atomic E-state index is -0.325. The van der Waals surface area contributed by atoms with Crippen molar-refractivity contribution in [1.82, 2.24) is 19.7 Å². The molecule has 0 atom stereocenters. The van der Waals surface area contributed by atoms with Gasteiger partial charge in [0.15, 0.2) is 11.5 Å². The molecule has 0 saturated carbocycles. The molecule has 0 bridgehead atoms. The molecule has 192 valence electrons. The van der Waals surface area contributed by atoms with Gasteiger partial charge < -0.3 is 25.0 Å². The van der Waals surface area contributed by atoms with Crippen molar-refractivity contribution in [2.24, 2.45) is 0 Å². The molecule has 4 heterocycles. The number of morpholine rings is 1. The van der Waals surface area contributed by atoms with Gasteiger partial charge >= 0.3 is 0 Å². The van der Waals surface area contributed by atoms with Gasteiger partial charge in [0.05, 0.1) is 30.3 Å². The zero-order chi connectivity index (χ0) is 25.2. The maximum Gasteiger partial charge on any atom is 0.229 e. The summed E-state index contributed by atoms with van der Waals surface area (Å²) in [7, 11) is 0. The average Bonchev–Trinajstić information content (AvgIpc) is 3.30. The second kappa shape index (κ2) is 10.3. The van der Waals surface area contributed by atoms with Crippen LogP contribution in [0.4, 0.5) is 33.2 Å². The summed E-state index contributed by atoms with van der Waals surface area (Å²) in [5, 5.41) is 12.1. The number of ether oxygens (including phenoxy) is 2. The Bertz CT molecular complexity index is 1360. The van der Waals surface area contributed by atoms with E-state index in [1.54, 1.807) is 12.3 Å². The molecule has 2 N–H and O–H groups in total. The molecule has 9 nitrogen and oxygen atoms in total. The highest BCUT2D eigenvalue weighted by Crippen LogP contribution is 2.32. The number of rotatable bonds is 6. The van der Waals surface area contributed by atoms with Gasteiger partial charge in [0.1, 0.15) is 5.82 Å². The lowest BCUT2D eigenvalue weighted by Gasteiger charge is -2.28. The minimum Gasteiger partial charge on any atom is -0.381 e. The van der Waals surface area contributed by atoms with Crippen LogP contribution < -0.4 is 15.5 Å². The van der Waals surface area contributed by atoms with Gasteiger partial charge in [-0.1, -0.05) is 12.1 Å². The largest absolute Gasteiger partial charge is 0.381 e. The van der Waals surface area contributed by atoms with Crippen LogP contribution in [-0.2, 0) is 9.47 Å². The quantitative estimate of drug-likeness (QED) is 0.382. The number of aromatic nitrogens is 4. The Morgan fingerprint density at radius 3 is 2.46 bits per heavy atom. The molecule has 2 fully saturated rings. The Morgan fingerprint density at radius 2 is 1.70 bits per heavy atom. The normalized spacial score (nSPS) is 16.8. The predicted molar refractivity (Wildman–Crippen MR) is 142 cm³/mol. The van der Waals surface area contributed by atoms with E-state index in [1.165, 1.54) is 11.8 Å². The van der Waals surface area contributed by atoms with Crippen molar-refractivity contribution in [2.75, 3.05) is 55.1 Å². The molecule has 2 saturated heterocycles. The van der Waals surface area contributed by atoms with Gasteiger partial charge in [-0.25, -0.2) is 14.1 Å². The maximum atomic E-state index is 14.6. The first kappa shape index (κ1) is 23.6. The minimum absolute atomic E-state index is 0.143. The lowest BCUT2D eigenvalue weighted by molar-refractivity contribution is 0.0674. The van der Waals surface area contributed by atoms with Gasteiger partial charge in [0, 0.05) is 43.9 Å². The summed E-state index contributed by atoms with van der Waals surface area (Å²) in [5.41, 5.74) is 3.97. The number of nitrogens with zero attached hydrogens (tertiary/aromatic N) is 5. The third kappa shape index (κ3) is 4.94. The molecule has 2 aromatic carbocycles. The number of anilines is 5. The Morgan fingerprint density at radius 1 is 0.946 bits per heavy atom. The number of fused-ring (bicyclic) bond motifs is 1. The molecular weight excluding hydrogens is 473 g/mol. The van der Waals surface area contributed by atoms with Crippen LogP contribution in [0.1, 0.15) is 24.4 Å². The summed E-state index contributed by atoms with van der Waals surface area (Å²) in [5.74, 6) is 0.693. The van der Waals surface area contributed by atoms with Crippen LogP contribution in [0.3, 0.4) is 0 Å². The second-order valence-corrected chi connectivity index (χ2v) is 9.40.